The molecule has 2 N–H and O–H groups in total. The number of benzene rings is 2. The maximum atomic E-state index is 12.3. The van der Waals surface area contributed by atoms with Gasteiger partial charge in [0, 0.05) is 17.0 Å². The maximum absolute atomic E-state index is 12.3. The highest BCUT2D eigenvalue weighted by Crippen LogP contribution is 2.42. The third-order valence-corrected chi connectivity index (χ3v) is 12.5. The summed E-state index contributed by atoms with van der Waals surface area (Å²) < 4.78 is 22.8. The Morgan fingerprint density at radius 3 is 2.27 bits per heavy atom. The number of ether oxygens (including phenoxy) is 3. The van der Waals surface area contributed by atoms with E-state index in [1.807, 2.05) is 36.4 Å². The largest absolute Gasteiger partial charge is 0.543 e. The Kier molecular flexibility index (Phi) is 11.9. The van der Waals surface area contributed by atoms with Crippen LogP contribution < -0.4 is 14.5 Å². The van der Waals surface area contributed by atoms with Crippen molar-refractivity contribution in [1.29, 1.82) is 0 Å². The Labute approximate surface area is 250 Å². The molecule has 0 aliphatic heterocycles. The number of rotatable bonds is 12. The Morgan fingerprint density at radius 2 is 1.73 bits per heavy atom. The molecule has 1 amide bonds. The number of methoxy groups -OCH3 is 1. The lowest BCUT2D eigenvalue weighted by atomic mass is 9.94. The lowest BCUT2D eigenvalue weighted by Gasteiger charge is -2.36. The Hall–Kier alpha value is -1.91. The minimum atomic E-state index is -2.02. The van der Waals surface area contributed by atoms with Gasteiger partial charge in [-0.15, -0.1) is 0 Å². The number of aliphatic hydroxyl groups excluding tert-OH is 1. The van der Waals surface area contributed by atoms with Gasteiger partial charge in [0.05, 0.1) is 17.0 Å². The minimum absolute atomic E-state index is 0.0728. The van der Waals surface area contributed by atoms with E-state index in [0.29, 0.717) is 23.6 Å². The van der Waals surface area contributed by atoms with Gasteiger partial charge in [-0.2, -0.15) is 0 Å². The average Bonchev–Trinajstić information content (AvgIpc) is 2.81. The fourth-order valence-corrected chi connectivity index (χ4v) is 5.72. The first kappa shape index (κ1) is 34.3. The van der Waals surface area contributed by atoms with Gasteiger partial charge in [-0.1, -0.05) is 50.2 Å². The van der Waals surface area contributed by atoms with E-state index in [0.717, 1.165) is 21.1 Å². The standard InChI is InChI=1S/C30H46ClNO6SSi/c1-28(2,3)37-27(34)32-30(7,19-33)16-15-21-11-13-23(18-24(21)31)39-26-17-22(12-14-25(26)36-20-35-8)38-40(9,10)29(4,5)6/h11-14,17-18,33H,15-16,19-20H2,1-10H3,(H,32,34)/t30-/m0/s1. The summed E-state index contributed by atoms with van der Waals surface area (Å²) in [6, 6.07) is 11.8. The van der Waals surface area contributed by atoms with E-state index in [9.17, 15) is 9.90 Å². The number of halogens is 1. The van der Waals surface area contributed by atoms with Crippen LogP contribution in [0.5, 0.6) is 11.5 Å². The first-order valence-corrected chi connectivity index (χ1v) is 17.5. The molecule has 10 heteroatoms. The molecule has 2 aromatic rings. The van der Waals surface area contributed by atoms with Crippen LogP contribution in [0.25, 0.3) is 0 Å². The Morgan fingerprint density at radius 1 is 1.05 bits per heavy atom. The molecular weight excluding hydrogens is 566 g/mol. The first-order chi connectivity index (χ1) is 18.4. The number of nitrogens with one attached hydrogen (secondary N) is 1. The van der Waals surface area contributed by atoms with Crippen LogP contribution in [-0.4, -0.2) is 51.2 Å². The van der Waals surface area contributed by atoms with E-state index in [2.05, 4.69) is 39.2 Å². The molecule has 0 unspecified atom stereocenters. The number of hydrogen-bond acceptors (Lipinski definition) is 7. The fourth-order valence-electron chi connectivity index (χ4n) is 3.38. The Balaban J connectivity index is 2.21. The number of aliphatic hydroxyl groups is 1. The van der Waals surface area contributed by atoms with Crippen molar-refractivity contribution in [2.45, 2.75) is 100 Å². The smallest absolute Gasteiger partial charge is 0.408 e. The summed E-state index contributed by atoms with van der Waals surface area (Å²) in [5.41, 5.74) is -0.554. The van der Waals surface area contributed by atoms with Crippen molar-refractivity contribution in [3.05, 3.63) is 47.0 Å². The molecular formula is C30H46ClNO6SSi. The van der Waals surface area contributed by atoms with Crippen LogP contribution in [-0.2, 0) is 15.9 Å². The molecule has 0 radical (unpaired) electrons. The SMILES string of the molecule is COCOc1ccc(O[Si](C)(C)C(C)(C)C)cc1Sc1ccc(CC[C@@](C)(CO)NC(=O)OC(C)(C)C)c(Cl)c1. The van der Waals surface area contributed by atoms with E-state index < -0.39 is 25.6 Å². The molecule has 2 rings (SSSR count). The maximum Gasteiger partial charge on any atom is 0.408 e. The zero-order chi connectivity index (χ0) is 30.4. The third-order valence-electron chi connectivity index (χ3n) is 6.78. The van der Waals surface area contributed by atoms with Crippen molar-refractivity contribution in [3.63, 3.8) is 0 Å². The molecule has 0 aliphatic rings. The van der Waals surface area contributed by atoms with Gasteiger partial charge in [0.15, 0.2) is 6.79 Å². The van der Waals surface area contributed by atoms with Crippen LogP contribution in [0.1, 0.15) is 60.5 Å². The van der Waals surface area contributed by atoms with Crippen LogP contribution >= 0.6 is 23.4 Å². The zero-order valence-corrected chi connectivity index (χ0v) is 28.1. The molecule has 0 saturated carbocycles. The van der Waals surface area contributed by atoms with Crippen LogP contribution in [0.15, 0.2) is 46.2 Å². The van der Waals surface area contributed by atoms with Gasteiger partial charge in [0.2, 0.25) is 8.32 Å². The van der Waals surface area contributed by atoms with Gasteiger partial charge in [0.25, 0.3) is 0 Å². The average molecular weight is 612 g/mol. The number of hydrogen-bond donors (Lipinski definition) is 2. The van der Waals surface area contributed by atoms with Gasteiger partial charge in [0.1, 0.15) is 17.1 Å². The van der Waals surface area contributed by atoms with Crippen molar-refractivity contribution in [2.24, 2.45) is 0 Å². The summed E-state index contributed by atoms with van der Waals surface area (Å²) in [6.07, 6.45) is 0.485. The van der Waals surface area contributed by atoms with Crippen molar-refractivity contribution >= 4 is 37.8 Å². The molecule has 0 fully saturated rings. The number of carbonyl (C=O) groups is 1. The van der Waals surface area contributed by atoms with Crippen LogP contribution in [0, 0.1) is 0 Å². The predicted octanol–water partition coefficient (Wildman–Crippen LogP) is 8.07. The molecule has 224 valence electrons. The van der Waals surface area contributed by atoms with Crippen LogP contribution in [0.2, 0.25) is 23.2 Å². The summed E-state index contributed by atoms with van der Waals surface area (Å²) >= 11 is 8.23. The van der Waals surface area contributed by atoms with E-state index in [-0.39, 0.29) is 18.4 Å². The number of alkyl carbamates (subject to hydrolysis) is 1. The molecule has 0 aliphatic carbocycles. The van der Waals surface area contributed by atoms with Gasteiger partial charge in [-0.25, -0.2) is 4.79 Å². The summed E-state index contributed by atoms with van der Waals surface area (Å²) in [4.78, 5) is 14.1. The minimum Gasteiger partial charge on any atom is -0.543 e. The molecule has 40 heavy (non-hydrogen) atoms. The third kappa shape index (κ3) is 10.5. The second kappa shape index (κ2) is 13.8. The quantitative estimate of drug-likeness (QED) is 0.185. The van der Waals surface area contributed by atoms with Crippen molar-refractivity contribution in [2.75, 3.05) is 20.5 Å². The lowest BCUT2D eigenvalue weighted by molar-refractivity contribution is 0.0406. The van der Waals surface area contributed by atoms with E-state index >= 15 is 0 Å². The highest BCUT2D eigenvalue weighted by molar-refractivity contribution is 7.99. The molecule has 2 aromatic carbocycles. The monoisotopic (exact) mass is 611 g/mol. The normalized spacial score (nSPS) is 13.9. The van der Waals surface area contributed by atoms with E-state index in [1.165, 1.54) is 11.8 Å². The van der Waals surface area contributed by atoms with E-state index in [4.69, 9.17) is 30.2 Å². The molecule has 0 spiro atoms. The Bertz CT molecular complexity index is 1150. The number of amides is 1. The van der Waals surface area contributed by atoms with Gasteiger partial charge in [-0.05, 0) is 94.6 Å². The highest BCUT2D eigenvalue weighted by atomic mass is 35.5. The number of carbonyl (C=O) groups excluding carboxylic acids is 1. The summed E-state index contributed by atoms with van der Waals surface area (Å²) in [6.45, 7) is 18.2. The molecule has 0 aromatic heterocycles. The molecule has 0 heterocycles. The van der Waals surface area contributed by atoms with Gasteiger partial charge in [-0.3, -0.25) is 0 Å². The van der Waals surface area contributed by atoms with Crippen molar-refractivity contribution < 1.29 is 28.5 Å². The van der Waals surface area contributed by atoms with Gasteiger partial charge < -0.3 is 29.1 Å². The summed E-state index contributed by atoms with van der Waals surface area (Å²) in [5.74, 6) is 1.50. The zero-order valence-electron chi connectivity index (χ0n) is 25.6. The first-order valence-electron chi connectivity index (χ1n) is 13.4. The topological polar surface area (TPSA) is 86.3 Å². The molecule has 7 nitrogen and oxygen atoms in total. The summed E-state index contributed by atoms with van der Waals surface area (Å²) in [7, 11) is -0.430. The molecule has 0 bridgehead atoms. The second-order valence-corrected chi connectivity index (χ2v) is 19.0. The van der Waals surface area contributed by atoms with Crippen molar-refractivity contribution in [1.82, 2.24) is 5.32 Å². The van der Waals surface area contributed by atoms with Crippen LogP contribution in [0.3, 0.4) is 0 Å². The van der Waals surface area contributed by atoms with Crippen LogP contribution in [0.4, 0.5) is 4.79 Å². The van der Waals surface area contributed by atoms with Crippen molar-refractivity contribution in [3.8, 4) is 11.5 Å². The highest BCUT2D eigenvalue weighted by Gasteiger charge is 2.39. The van der Waals surface area contributed by atoms with E-state index in [1.54, 1.807) is 34.8 Å². The molecule has 1 atom stereocenters. The van der Waals surface area contributed by atoms with Gasteiger partial charge >= 0.3 is 6.09 Å². The fraction of sp³-hybridized carbons (Fsp3) is 0.567. The lowest BCUT2D eigenvalue weighted by Crippen LogP contribution is -2.50. The second-order valence-electron chi connectivity index (χ2n) is 12.7. The molecule has 0 saturated heterocycles. The predicted molar refractivity (Wildman–Crippen MR) is 166 cm³/mol. The number of aryl methyl sites for hydroxylation is 1. The summed E-state index contributed by atoms with van der Waals surface area (Å²) in [5, 5.41) is 13.5.